The van der Waals surface area contributed by atoms with E-state index in [1.807, 2.05) is 0 Å². The van der Waals surface area contributed by atoms with Crippen LogP contribution in [0.5, 0.6) is 0 Å². The summed E-state index contributed by atoms with van der Waals surface area (Å²) >= 11 is 0. The molecule has 0 radical (unpaired) electrons. The summed E-state index contributed by atoms with van der Waals surface area (Å²) in [6, 6.07) is -2.05. The average molecular weight is 354 g/mol. The average Bonchev–Trinajstić information content (AvgIpc) is 2.44. The first kappa shape index (κ1) is 19.7. The molecule has 2 atom stereocenters. The van der Waals surface area contributed by atoms with Crippen LogP contribution in [-0.2, 0) is 4.79 Å². The molecule has 0 aromatic heterocycles. The molecule has 1 aromatic rings. The molecule has 0 saturated heterocycles. The SMILES string of the molecule is CC(CN(C)C(=O)NC(c1c(F)cccc1F)C(F)(F)F)C(=O)O. The number of benzene rings is 1. The van der Waals surface area contributed by atoms with Crippen molar-refractivity contribution in [3.63, 3.8) is 0 Å². The number of hydrogen-bond donors (Lipinski definition) is 2. The Balaban J connectivity index is 3.04. The van der Waals surface area contributed by atoms with Gasteiger partial charge in [-0.25, -0.2) is 13.6 Å². The van der Waals surface area contributed by atoms with Crippen molar-refractivity contribution in [2.24, 2.45) is 5.92 Å². The van der Waals surface area contributed by atoms with Crippen LogP contribution in [0, 0.1) is 17.6 Å². The predicted molar refractivity (Wildman–Crippen MR) is 73.1 cm³/mol. The van der Waals surface area contributed by atoms with Crippen molar-refractivity contribution >= 4 is 12.0 Å². The molecule has 0 aliphatic carbocycles. The summed E-state index contributed by atoms with van der Waals surface area (Å²) in [5.41, 5.74) is -1.34. The molecular weight excluding hydrogens is 339 g/mol. The first-order valence-electron chi connectivity index (χ1n) is 6.70. The number of halogens is 5. The highest BCUT2D eigenvalue weighted by atomic mass is 19.4. The van der Waals surface area contributed by atoms with Gasteiger partial charge in [0.1, 0.15) is 11.6 Å². The largest absolute Gasteiger partial charge is 0.481 e. The Kier molecular flexibility index (Phi) is 6.10. The number of carbonyl (C=O) groups excluding carboxylic acids is 1. The van der Waals surface area contributed by atoms with Crippen LogP contribution < -0.4 is 5.32 Å². The molecular formula is C14H15F5N2O3. The van der Waals surface area contributed by atoms with E-state index in [2.05, 4.69) is 0 Å². The Bertz CT molecular complexity index is 601. The van der Waals surface area contributed by atoms with Crippen molar-refractivity contribution in [3.8, 4) is 0 Å². The zero-order valence-electron chi connectivity index (χ0n) is 12.7. The van der Waals surface area contributed by atoms with Gasteiger partial charge in [0.2, 0.25) is 0 Å². The number of rotatable bonds is 5. The van der Waals surface area contributed by atoms with Gasteiger partial charge in [-0.1, -0.05) is 13.0 Å². The number of carboxylic acid groups (broad SMARTS) is 1. The lowest BCUT2D eigenvalue weighted by atomic mass is 10.0. The smallest absolute Gasteiger partial charge is 0.413 e. The molecule has 1 aromatic carbocycles. The van der Waals surface area contributed by atoms with Crippen LogP contribution in [0.4, 0.5) is 26.7 Å². The summed E-state index contributed by atoms with van der Waals surface area (Å²) in [4.78, 5) is 23.2. The highest BCUT2D eigenvalue weighted by Crippen LogP contribution is 2.35. The highest BCUT2D eigenvalue weighted by Gasteiger charge is 2.45. The Hall–Kier alpha value is -2.39. The maximum absolute atomic E-state index is 13.6. The van der Waals surface area contributed by atoms with E-state index in [9.17, 15) is 31.5 Å². The number of amides is 2. The fourth-order valence-electron chi connectivity index (χ4n) is 1.91. The number of nitrogens with one attached hydrogen (secondary N) is 1. The molecule has 0 aliphatic heterocycles. The van der Waals surface area contributed by atoms with E-state index in [4.69, 9.17) is 5.11 Å². The van der Waals surface area contributed by atoms with Gasteiger partial charge in [0.15, 0.2) is 6.04 Å². The fourth-order valence-corrected chi connectivity index (χ4v) is 1.91. The van der Waals surface area contributed by atoms with Crippen molar-refractivity contribution in [2.45, 2.75) is 19.1 Å². The third kappa shape index (κ3) is 4.80. The van der Waals surface area contributed by atoms with Crippen LogP contribution >= 0.6 is 0 Å². The molecule has 0 saturated carbocycles. The monoisotopic (exact) mass is 354 g/mol. The lowest BCUT2D eigenvalue weighted by molar-refractivity contribution is -0.156. The first-order chi connectivity index (χ1) is 10.9. The molecule has 0 aliphatic rings. The van der Waals surface area contributed by atoms with Gasteiger partial charge in [0.25, 0.3) is 0 Å². The Morgan fingerprint density at radius 2 is 1.75 bits per heavy atom. The molecule has 1 rings (SSSR count). The summed E-state index contributed by atoms with van der Waals surface area (Å²) in [6.07, 6.45) is -5.15. The topological polar surface area (TPSA) is 69.6 Å². The number of urea groups is 1. The van der Waals surface area contributed by atoms with Gasteiger partial charge in [-0.2, -0.15) is 13.2 Å². The molecule has 0 bridgehead atoms. The van der Waals surface area contributed by atoms with Gasteiger partial charge in [-0.15, -0.1) is 0 Å². The zero-order chi connectivity index (χ0) is 18.7. The summed E-state index contributed by atoms with van der Waals surface area (Å²) in [5.74, 6) is -5.20. The second kappa shape index (κ2) is 7.45. The summed E-state index contributed by atoms with van der Waals surface area (Å²) in [5, 5.41) is 10.2. The number of nitrogens with zero attached hydrogens (tertiary/aromatic N) is 1. The summed E-state index contributed by atoms with van der Waals surface area (Å²) in [6.45, 7) is 0.870. The molecule has 24 heavy (non-hydrogen) atoms. The summed E-state index contributed by atoms with van der Waals surface area (Å²) in [7, 11) is 1.07. The van der Waals surface area contributed by atoms with Crippen molar-refractivity contribution in [3.05, 3.63) is 35.4 Å². The van der Waals surface area contributed by atoms with E-state index >= 15 is 0 Å². The van der Waals surface area contributed by atoms with Crippen LogP contribution in [0.1, 0.15) is 18.5 Å². The fraction of sp³-hybridized carbons (Fsp3) is 0.429. The van der Waals surface area contributed by atoms with Gasteiger partial charge >= 0.3 is 18.2 Å². The Morgan fingerprint density at radius 3 is 2.17 bits per heavy atom. The second-order valence-corrected chi connectivity index (χ2v) is 5.18. The minimum Gasteiger partial charge on any atom is -0.481 e. The molecule has 10 heteroatoms. The minimum absolute atomic E-state index is 0.383. The third-order valence-corrected chi connectivity index (χ3v) is 3.20. The van der Waals surface area contributed by atoms with Gasteiger partial charge in [0.05, 0.1) is 11.5 Å². The minimum atomic E-state index is -5.15. The van der Waals surface area contributed by atoms with Gasteiger partial charge in [-0.05, 0) is 12.1 Å². The van der Waals surface area contributed by atoms with Gasteiger partial charge in [-0.3, -0.25) is 4.79 Å². The van der Waals surface area contributed by atoms with Crippen molar-refractivity contribution in [1.29, 1.82) is 0 Å². The molecule has 2 unspecified atom stereocenters. The van der Waals surface area contributed by atoms with Crippen LogP contribution in [0.3, 0.4) is 0 Å². The van der Waals surface area contributed by atoms with Crippen molar-refractivity contribution in [1.82, 2.24) is 10.2 Å². The lowest BCUT2D eigenvalue weighted by Gasteiger charge is -2.26. The molecule has 0 heterocycles. The van der Waals surface area contributed by atoms with E-state index < -0.39 is 47.3 Å². The predicted octanol–water partition coefficient (Wildman–Crippen LogP) is 2.93. The molecule has 0 fully saturated rings. The van der Waals surface area contributed by atoms with E-state index in [0.29, 0.717) is 17.0 Å². The number of carbonyl (C=O) groups is 2. The Morgan fingerprint density at radius 1 is 1.25 bits per heavy atom. The standard InChI is InChI=1S/C14H15F5N2O3/c1-7(12(22)23)6-21(2)13(24)20-11(14(17,18)19)10-8(15)4-3-5-9(10)16/h3-5,7,11H,6H2,1-2H3,(H,20,24)(H,22,23). The van der Waals surface area contributed by atoms with E-state index in [1.54, 1.807) is 0 Å². The zero-order valence-corrected chi connectivity index (χ0v) is 12.7. The van der Waals surface area contributed by atoms with Crippen molar-refractivity contribution < 1.29 is 36.6 Å². The van der Waals surface area contributed by atoms with Crippen LogP contribution in [0.25, 0.3) is 0 Å². The highest BCUT2D eigenvalue weighted by molar-refractivity contribution is 5.76. The number of alkyl halides is 3. The Labute approximate surface area is 134 Å². The first-order valence-corrected chi connectivity index (χ1v) is 6.70. The maximum atomic E-state index is 13.6. The van der Waals surface area contributed by atoms with Gasteiger partial charge < -0.3 is 15.3 Å². The number of hydrogen-bond acceptors (Lipinski definition) is 2. The summed E-state index contributed by atoms with van der Waals surface area (Å²) < 4.78 is 66.6. The molecule has 2 N–H and O–H groups in total. The number of carboxylic acids is 1. The quantitative estimate of drug-likeness (QED) is 0.799. The normalized spacial score (nSPS) is 14.0. The number of aliphatic carboxylic acids is 1. The van der Waals surface area contributed by atoms with E-state index in [-0.39, 0.29) is 6.54 Å². The van der Waals surface area contributed by atoms with Crippen LogP contribution in [0.15, 0.2) is 18.2 Å². The van der Waals surface area contributed by atoms with Crippen LogP contribution in [0.2, 0.25) is 0 Å². The molecule has 134 valence electrons. The molecule has 0 spiro atoms. The third-order valence-electron chi connectivity index (χ3n) is 3.20. The van der Waals surface area contributed by atoms with E-state index in [1.165, 1.54) is 12.2 Å². The molecule has 2 amide bonds. The van der Waals surface area contributed by atoms with Crippen molar-refractivity contribution in [2.75, 3.05) is 13.6 Å². The molecule has 5 nitrogen and oxygen atoms in total. The second-order valence-electron chi connectivity index (χ2n) is 5.18. The van der Waals surface area contributed by atoms with E-state index in [0.717, 1.165) is 13.1 Å². The van der Waals surface area contributed by atoms with Gasteiger partial charge in [0, 0.05) is 13.6 Å². The van der Waals surface area contributed by atoms with Crippen LogP contribution in [-0.4, -0.2) is 41.8 Å². The lowest BCUT2D eigenvalue weighted by Crippen LogP contribution is -2.46. The maximum Gasteiger partial charge on any atom is 0.413 e.